The van der Waals surface area contributed by atoms with E-state index in [4.69, 9.17) is 0 Å². The average Bonchev–Trinajstić information content (AvgIpc) is 3.06. The number of alkyl halides is 3. The number of hydrogen-bond acceptors (Lipinski definition) is 3. The molecule has 0 saturated heterocycles. The number of thiophene rings is 1. The Hall–Kier alpha value is -2.12. The van der Waals surface area contributed by atoms with Gasteiger partial charge in [-0.3, -0.25) is 4.79 Å². The molecule has 0 saturated carbocycles. The molecule has 1 heterocycles. The molecule has 0 fully saturated rings. The van der Waals surface area contributed by atoms with Gasteiger partial charge in [-0.15, -0.1) is 11.3 Å². The van der Waals surface area contributed by atoms with Gasteiger partial charge in [0.15, 0.2) is 0 Å². The van der Waals surface area contributed by atoms with Gasteiger partial charge in [-0.25, -0.2) is 0 Å². The van der Waals surface area contributed by atoms with Crippen molar-refractivity contribution in [2.24, 2.45) is 0 Å². The highest BCUT2D eigenvalue weighted by atomic mass is 32.1. The minimum atomic E-state index is -4.40. The quantitative estimate of drug-likeness (QED) is 0.775. The van der Waals surface area contributed by atoms with Gasteiger partial charge in [0.1, 0.15) is 0 Å². The number of hydrogen-bond donors (Lipinski definition) is 1. The highest BCUT2D eigenvalue weighted by Gasteiger charge is 2.30. The second-order valence-corrected chi connectivity index (χ2v) is 6.68. The van der Waals surface area contributed by atoms with E-state index < -0.39 is 11.7 Å². The lowest BCUT2D eigenvalue weighted by Gasteiger charge is -2.23. The molecule has 7 heteroatoms. The van der Waals surface area contributed by atoms with Crippen LogP contribution in [0.25, 0.3) is 6.08 Å². The molecule has 0 spiro atoms. The maximum Gasteiger partial charge on any atom is 0.416 e. The summed E-state index contributed by atoms with van der Waals surface area (Å²) in [6, 6.07) is 8.85. The summed E-state index contributed by atoms with van der Waals surface area (Å²) in [4.78, 5) is 15.1. The molecule has 0 aliphatic carbocycles. The van der Waals surface area contributed by atoms with E-state index in [0.29, 0.717) is 12.1 Å². The normalized spacial score (nSPS) is 13.4. The molecule has 0 aliphatic rings. The molecular weight excluding hydrogens is 349 g/mol. The molecule has 2 aromatic rings. The van der Waals surface area contributed by atoms with E-state index in [2.05, 4.69) is 5.32 Å². The zero-order valence-corrected chi connectivity index (χ0v) is 14.7. The van der Waals surface area contributed by atoms with Gasteiger partial charge in [0.05, 0.1) is 11.6 Å². The standard InChI is InChI=1S/C18H19F3N2OS/c1-23(2)15(16-7-4-10-25-16)12-22-17(24)9-8-13-5-3-6-14(11-13)18(19,20)21/h3-11,15H,12H2,1-2H3,(H,22,24)/b9-8+. The third-order valence-electron chi connectivity index (χ3n) is 3.61. The molecule has 0 aliphatic heterocycles. The van der Waals surface area contributed by atoms with Crippen molar-refractivity contribution >= 4 is 23.3 Å². The molecule has 2 rings (SSSR count). The molecule has 25 heavy (non-hydrogen) atoms. The SMILES string of the molecule is CN(C)C(CNC(=O)/C=C/c1cccc(C(F)(F)F)c1)c1cccs1. The monoisotopic (exact) mass is 368 g/mol. The molecule has 1 amide bonds. The molecule has 1 N–H and O–H groups in total. The summed E-state index contributed by atoms with van der Waals surface area (Å²) in [5.41, 5.74) is -0.409. The highest BCUT2D eigenvalue weighted by Crippen LogP contribution is 2.29. The van der Waals surface area contributed by atoms with Gasteiger partial charge < -0.3 is 10.2 Å². The maximum absolute atomic E-state index is 12.7. The van der Waals surface area contributed by atoms with Crippen LogP contribution in [0.1, 0.15) is 22.0 Å². The molecule has 1 aromatic heterocycles. The highest BCUT2D eigenvalue weighted by molar-refractivity contribution is 7.10. The van der Waals surface area contributed by atoms with Crippen LogP contribution in [0.2, 0.25) is 0 Å². The van der Waals surface area contributed by atoms with Crippen LogP contribution in [0.3, 0.4) is 0 Å². The van der Waals surface area contributed by atoms with Gasteiger partial charge in [-0.1, -0.05) is 18.2 Å². The number of benzene rings is 1. The zero-order chi connectivity index (χ0) is 18.4. The van der Waals surface area contributed by atoms with Gasteiger partial charge in [-0.2, -0.15) is 13.2 Å². The number of halogens is 3. The number of carbonyl (C=O) groups is 1. The number of amides is 1. The van der Waals surface area contributed by atoms with Crippen LogP contribution in [0.4, 0.5) is 13.2 Å². The second-order valence-electron chi connectivity index (χ2n) is 5.70. The first-order chi connectivity index (χ1) is 11.8. The molecule has 3 nitrogen and oxygen atoms in total. The third kappa shape index (κ3) is 5.72. The Labute approximate surface area is 148 Å². The van der Waals surface area contributed by atoms with Crippen LogP contribution in [-0.4, -0.2) is 31.4 Å². The van der Waals surface area contributed by atoms with Crippen LogP contribution in [0.15, 0.2) is 47.9 Å². The van der Waals surface area contributed by atoms with Crippen LogP contribution in [0.5, 0.6) is 0 Å². The molecule has 1 unspecified atom stereocenters. The average molecular weight is 368 g/mol. The number of rotatable bonds is 6. The van der Waals surface area contributed by atoms with Gasteiger partial charge in [0.25, 0.3) is 0 Å². The van der Waals surface area contributed by atoms with Crippen molar-refractivity contribution < 1.29 is 18.0 Å². The Kier molecular flexibility index (Phi) is 6.39. The van der Waals surface area contributed by atoms with Crippen molar-refractivity contribution in [2.75, 3.05) is 20.6 Å². The van der Waals surface area contributed by atoms with Crippen molar-refractivity contribution in [2.45, 2.75) is 12.2 Å². The third-order valence-corrected chi connectivity index (χ3v) is 4.58. The van der Waals surface area contributed by atoms with E-state index in [1.807, 2.05) is 36.5 Å². The first kappa shape index (κ1) is 19.2. The number of nitrogens with zero attached hydrogens (tertiary/aromatic N) is 1. The Morgan fingerprint density at radius 2 is 2.04 bits per heavy atom. The zero-order valence-electron chi connectivity index (χ0n) is 13.9. The first-order valence-electron chi connectivity index (χ1n) is 7.60. The summed E-state index contributed by atoms with van der Waals surface area (Å²) in [6.07, 6.45) is -1.78. The predicted octanol–water partition coefficient (Wildman–Crippen LogP) is 4.20. The van der Waals surface area contributed by atoms with Crippen LogP contribution < -0.4 is 5.32 Å². The molecule has 1 aromatic carbocycles. The minimum Gasteiger partial charge on any atom is -0.351 e. The summed E-state index contributed by atoms with van der Waals surface area (Å²) in [5, 5.41) is 4.76. The Morgan fingerprint density at radius 1 is 1.28 bits per heavy atom. The Balaban J connectivity index is 1.97. The molecule has 0 bridgehead atoms. The van der Waals surface area contributed by atoms with Crippen molar-refractivity contribution in [3.05, 3.63) is 63.9 Å². The lowest BCUT2D eigenvalue weighted by Crippen LogP contribution is -2.33. The Bertz CT molecular complexity index is 724. The van der Waals surface area contributed by atoms with Crippen LogP contribution in [-0.2, 0) is 11.0 Å². The largest absolute Gasteiger partial charge is 0.416 e. The van der Waals surface area contributed by atoms with Crippen LogP contribution >= 0.6 is 11.3 Å². The van der Waals surface area contributed by atoms with E-state index in [1.165, 1.54) is 24.3 Å². The van der Waals surface area contributed by atoms with Crippen LogP contribution in [0, 0.1) is 0 Å². The van der Waals surface area contributed by atoms with Gasteiger partial charge in [-0.05, 0) is 49.3 Å². The van der Waals surface area contributed by atoms with Gasteiger partial charge >= 0.3 is 6.18 Å². The fourth-order valence-corrected chi connectivity index (χ4v) is 3.19. The van der Waals surface area contributed by atoms with Gasteiger partial charge in [0, 0.05) is 17.5 Å². The van der Waals surface area contributed by atoms with E-state index >= 15 is 0 Å². The second kappa shape index (κ2) is 8.31. The van der Waals surface area contributed by atoms with E-state index in [-0.39, 0.29) is 11.9 Å². The maximum atomic E-state index is 12.7. The summed E-state index contributed by atoms with van der Waals surface area (Å²) >= 11 is 1.61. The van der Waals surface area contributed by atoms with E-state index in [9.17, 15) is 18.0 Å². The number of carbonyl (C=O) groups excluding carboxylic acids is 1. The van der Waals surface area contributed by atoms with E-state index in [0.717, 1.165) is 17.0 Å². The molecule has 134 valence electrons. The smallest absolute Gasteiger partial charge is 0.351 e. The fourth-order valence-electron chi connectivity index (χ4n) is 2.27. The minimum absolute atomic E-state index is 0.0471. The number of nitrogens with one attached hydrogen (secondary N) is 1. The lowest BCUT2D eigenvalue weighted by atomic mass is 10.1. The van der Waals surface area contributed by atoms with E-state index in [1.54, 1.807) is 11.3 Å². The fraction of sp³-hybridized carbons (Fsp3) is 0.278. The predicted molar refractivity (Wildman–Crippen MR) is 94.2 cm³/mol. The van der Waals surface area contributed by atoms with Crippen molar-refractivity contribution in [1.29, 1.82) is 0 Å². The molecule has 0 radical (unpaired) electrons. The summed E-state index contributed by atoms with van der Waals surface area (Å²) in [7, 11) is 3.85. The topological polar surface area (TPSA) is 32.3 Å². The first-order valence-corrected chi connectivity index (χ1v) is 8.48. The Morgan fingerprint density at radius 3 is 2.64 bits per heavy atom. The molecule has 1 atom stereocenters. The lowest BCUT2D eigenvalue weighted by molar-refractivity contribution is -0.137. The van der Waals surface area contributed by atoms with Crippen molar-refractivity contribution in [3.63, 3.8) is 0 Å². The number of likely N-dealkylation sites (N-methyl/N-ethyl adjacent to an activating group) is 1. The van der Waals surface area contributed by atoms with Crippen molar-refractivity contribution in [3.8, 4) is 0 Å². The van der Waals surface area contributed by atoms with Crippen molar-refractivity contribution in [1.82, 2.24) is 10.2 Å². The summed E-state index contributed by atoms with van der Waals surface area (Å²) in [6.45, 7) is 0.416. The summed E-state index contributed by atoms with van der Waals surface area (Å²) < 4.78 is 38.0. The molecular formula is C18H19F3N2OS. The van der Waals surface area contributed by atoms with Gasteiger partial charge in [0.2, 0.25) is 5.91 Å². The summed E-state index contributed by atoms with van der Waals surface area (Å²) in [5.74, 6) is -0.346.